The van der Waals surface area contributed by atoms with E-state index in [4.69, 9.17) is 11.6 Å². The van der Waals surface area contributed by atoms with Crippen molar-refractivity contribution in [3.05, 3.63) is 55.7 Å². The molecular formula is C11H6Br2ClFN2. The summed E-state index contributed by atoms with van der Waals surface area (Å²) in [5, 5.41) is 0.379. The van der Waals surface area contributed by atoms with E-state index in [-0.39, 0.29) is 5.82 Å². The molecule has 2 nitrogen and oxygen atoms in total. The minimum absolute atomic E-state index is 0.352. The lowest BCUT2D eigenvalue weighted by atomic mass is 10.1. The standard InChI is InChI=1S/C11H6Br2ClFN2/c12-9-5-10(13)17-11(16-9)3-6-1-2-7(15)4-8(6)14/h1-2,4-5H,3H2. The molecule has 1 aromatic carbocycles. The van der Waals surface area contributed by atoms with Crippen LogP contribution in [0.4, 0.5) is 4.39 Å². The van der Waals surface area contributed by atoms with Gasteiger partial charge < -0.3 is 0 Å². The Morgan fingerprint density at radius 2 is 1.76 bits per heavy atom. The van der Waals surface area contributed by atoms with E-state index in [1.165, 1.54) is 12.1 Å². The lowest BCUT2D eigenvalue weighted by Crippen LogP contribution is -1.98. The van der Waals surface area contributed by atoms with Gasteiger partial charge in [0.2, 0.25) is 0 Å². The number of rotatable bonds is 2. The Kier molecular flexibility index (Phi) is 4.12. The van der Waals surface area contributed by atoms with Crippen molar-refractivity contribution >= 4 is 43.5 Å². The van der Waals surface area contributed by atoms with Crippen molar-refractivity contribution in [2.75, 3.05) is 0 Å². The van der Waals surface area contributed by atoms with E-state index < -0.39 is 0 Å². The van der Waals surface area contributed by atoms with Gasteiger partial charge in [0.1, 0.15) is 20.8 Å². The molecule has 0 atom stereocenters. The summed E-state index contributed by atoms with van der Waals surface area (Å²) in [6.45, 7) is 0. The predicted octanol–water partition coefficient (Wildman–Crippen LogP) is 4.38. The Labute approximate surface area is 119 Å². The fourth-order valence-electron chi connectivity index (χ4n) is 1.35. The van der Waals surface area contributed by atoms with Crippen LogP contribution in [0.15, 0.2) is 33.5 Å². The van der Waals surface area contributed by atoms with Crippen molar-refractivity contribution < 1.29 is 4.39 Å². The average Bonchev–Trinajstić information content (AvgIpc) is 2.21. The number of hydrogen-bond acceptors (Lipinski definition) is 2. The van der Waals surface area contributed by atoms with Crippen molar-refractivity contribution in [3.63, 3.8) is 0 Å². The molecule has 0 radical (unpaired) electrons. The third-order valence-electron chi connectivity index (χ3n) is 2.07. The van der Waals surface area contributed by atoms with E-state index >= 15 is 0 Å². The van der Waals surface area contributed by atoms with Crippen molar-refractivity contribution in [1.82, 2.24) is 9.97 Å². The molecule has 6 heteroatoms. The van der Waals surface area contributed by atoms with Gasteiger partial charge in [0.05, 0.1) is 0 Å². The molecule has 17 heavy (non-hydrogen) atoms. The van der Waals surface area contributed by atoms with Gasteiger partial charge in [-0.05, 0) is 49.6 Å². The van der Waals surface area contributed by atoms with Crippen molar-refractivity contribution in [3.8, 4) is 0 Å². The minimum atomic E-state index is -0.352. The van der Waals surface area contributed by atoms with Crippen LogP contribution in [0.1, 0.15) is 11.4 Å². The van der Waals surface area contributed by atoms with Crippen LogP contribution in [-0.4, -0.2) is 9.97 Å². The number of hydrogen-bond donors (Lipinski definition) is 0. The van der Waals surface area contributed by atoms with Gasteiger partial charge in [0.15, 0.2) is 0 Å². The molecule has 1 aromatic heterocycles. The van der Waals surface area contributed by atoms with E-state index in [9.17, 15) is 4.39 Å². The van der Waals surface area contributed by atoms with Gasteiger partial charge in [-0.2, -0.15) is 0 Å². The predicted molar refractivity (Wildman–Crippen MR) is 71.6 cm³/mol. The van der Waals surface area contributed by atoms with Crippen LogP contribution >= 0.6 is 43.5 Å². The highest BCUT2D eigenvalue weighted by atomic mass is 79.9. The van der Waals surface area contributed by atoms with Crippen LogP contribution in [0.25, 0.3) is 0 Å². The van der Waals surface area contributed by atoms with Crippen LogP contribution < -0.4 is 0 Å². The number of halogens is 4. The molecule has 0 aliphatic carbocycles. The summed E-state index contributed by atoms with van der Waals surface area (Å²) in [6, 6.07) is 6.03. The van der Waals surface area contributed by atoms with Crippen molar-refractivity contribution in [2.24, 2.45) is 0 Å². The lowest BCUT2D eigenvalue weighted by Gasteiger charge is -2.04. The highest BCUT2D eigenvalue weighted by Gasteiger charge is 2.07. The summed E-state index contributed by atoms with van der Waals surface area (Å²) in [6.07, 6.45) is 0.456. The number of nitrogens with zero attached hydrogens (tertiary/aromatic N) is 2. The molecule has 2 aromatic rings. The molecule has 0 saturated carbocycles. The van der Waals surface area contributed by atoms with Crippen LogP contribution in [0.3, 0.4) is 0 Å². The first-order valence-corrected chi connectivity index (χ1v) is 6.64. The normalized spacial score (nSPS) is 10.6. The molecule has 0 spiro atoms. The Hall–Kier alpha value is -0.520. The maximum Gasteiger partial charge on any atom is 0.135 e. The van der Waals surface area contributed by atoms with E-state index in [1.54, 1.807) is 12.1 Å². The lowest BCUT2D eigenvalue weighted by molar-refractivity contribution is 0.627. The van der Waals surface area contributed by atoms with Crippen LogP contribution in [-0.2, 0) is 6.42 Å². The van der Waals surface area contributed by atoms with Crippen molar-refractivity contribution in [1.29, 1.82) is 0 Å². The molecule has 0 bridgehead atoms. The summed E-state index contributed by atoms with van der Waals surface area (Å²) in [7, 11) is 0. The fourth-order valence-corrected chi connectivity index (χ4v) is 2.73. The second-order valence-corrected chi connectivity index (χ2v) is 5.37. The minimum Gasteiger partial charge on any atom is -0.226 e. The SMILES string of the molecule is Fc1ccc(Cc2nc(Br)cc(Br)n2)c(Cl)c1. The summed E-state index contributed by atoms with van der Waals surface area (Å²) in [5.74, 6) is 0.259. The van der Waals surface area contributed by atoms with Crippen LogP contribution in [0.5, 0.6) is 0 Å². The average molecular weight is 380 g/mol. The Balaban J connectivity index is 2.31. The molecule has 2 rings (SSSR count). The van der Waals surface area contributed by atoms with Gasteiger partial charge in [-0.3, -0.25) is 0 Å². The largest absolute Gasteiger partial charge is 0.226 e. The molecule has 0 aliphatic rings. The van der Waals surface area contributed by atoms with E-state index in [1.807, 2.05) is 0 Å². The zero-order valence-electron chi connectivity index (χ0n) is 8.42. The highest BCUT2D eigenvalue weighted by Crippen LogP contribution is 2.21. The summed E-state index contributed by atoms with van der Waals surface area (Å²) in [5.41, 5.74) is 0.790. The van der Waals surface area contributed by atoms with Crippen LogP contribution in [0.2, 0.25) is 5.02 Å². The second-order valence-electron chi connectivity index (χ2n) is 3.34. The molecule has 0 saturated heterocycles. The van der Waals surface area contributed by atoms with Gasteiger partial charge in [-0.15, -0.1) is 0 Å². The Morgan fingerprint density at radius 1 is 1.12 bits per heavy atom. The first kappa shape index (κ1) is 12.9. The zero-order valence-corrected chi connectivity index (χ0v) is 12.4. The zero-order chi connectivity index (χ0) is 12.4. The van der Waals surface area contributed by atoms with E-state index in [0.29, 0.717) is 26.5 Å². The topological polar surface area (TPSA) is 25.8 Å². The highest BCUT2D eigenvalue weighted by molar-refractivity contribution is 9.11. The van der Waals surface area contributed by atoms with Crippen molar-refractivity contribution in [2.45, 2.75) is 6.42 Å². The molecule has 0 unspecified atom stereocenters. The summed E-state index contributed by atoms with van der Waals surface area (Å²) in [4.78, 5) is 8.43. The first-order chi connectivity index (χ1) is 8.04. The second kappa shape index (κ2) is 5.42. The van der Waals surface area contributed by atoms with E-state index in [2.05, 4.69) is 41.8 Å². The first-order valence-electron chi connectivity index (χ1n) is 4.67. The maximum absolute atomic E-state index is 12.9. The maximum atomic E-state index is 12.9. The molecule has 88 valence electrons. The fraction of sp³-hybridized carbons (Fsp3) is 0.0909. The molecule has 0 aliphatic heterocycles. The smallest absolute Gasteiger partial charge is 0.135 e. The third-order valence-corrected chi connectivity index (χ3v) is 3.24. The van der Waals surface area contributed by atoms with Gasteiger partial charge in [-0.25, -0.2) is 14.4 Å². The van der Waals surface area contributed by atoms with Crippen LogP contribution in [0, 0.1) is 5.82 Å². The third kappa shape index (κ3) is 3.47. The molecule has 1 heterocycles. The van der Waals surface area contributed by atoms with Gasteiger partial charge in [-0.1, -0.05) is 17.7 Å². The molecular weight excluding hydrogens is 374 g/mol. The molecule has 0 fully saturated rings. The van der Waals surface area contributed by atoms with E-state index in [0.717, 1.165) is 5.56 Å². The molecule has 0 N–H and O–H groups in total. The van der Waals surface area contributed by atoms with Gasteiger partial charge in [0.25, 0.3) is 0 Å². The van der Waals surface area contributed by atoms with Gasteiger partial charge in [0, 0.05) is 17.5 Å². The Morgan fingerprint density at radius 3 is 2.35 bits per heavy atom. The summed E-state index contributed by atoms with van der Waals surface area (Å²) < 4.78 is 14.3. The quantitative estimate of drug-likeness (QED) is 0.723. The molecule has 0 amide bonds. The summed E-state index contributed by atoms with van der Waals surface area (Å²) >= 11 is 12.5. The Bertz CT molecular complexity index is 543. The monoisotopic (exact) mass is 378 g/mol. The van der Waals surface area contributed by atoms with Gasteiger partial charge >= 0.3 is 0 Å². The number of aromatic nitrogens is 2. The number of benzene rings is 1.